The highest BCUT2D eigenvalue weighted by Gasteiger charge is 2.37. The van der Waals surface area contributed by atoms with Crippen molar-refractivity contribution >= 4 is 27.5 Å². The van der Waals surface area contributed by atoms with Crippen molar-refractivity contribution in [3.63, 3.8) is 0 Å². The number of hydrogen-bond acceptors (Lipinski definition) is 6. The Balaban J connectivity index is 1.66. The molecule has 3 aromatic heterocycles. The van der Waals surface area contributed by atoms with E-state index in [2.05, 4.69) is 39.1 Å². The molecule has 9 heteroatoms. The molecular formula is C18H17N7OS. The van der Waals surface area contributed by atoms with Crippen molar-refractivity contribution < 1.29 is 4.79 Å². The number of thiazole rings is 1. The number of nitrogens with one attached hydrogen (secondary N) is 1. The maximum Gasteiger partial charge on any atom is 0.292 e. The number of rotatable bonds is 2. The fourth-order valence-corrected chi connectivity index (χ4v) is 4.75. The van der Waals surface area contributed by atoms with Crippen molar-refractivity contribution in [2.45, 2.75) is 19.4 Å². The van der Waals surface area contributed by atoms with E-state index in [-0.39, 0.29) is 11.9 Å². The fourth-order valence-electron chi connectivity index (χ4n) is 3.58. The van der Waals surface area contributed by atoms with Gasteiger partial charge in [0.05, 0.1) is 22.2 Å². The third-order valence-electron chi connectivity index (χ3n) is 4.96. The Morgan fingerprint density at radius 3 is 3.00 bits per heavy atom. The molecule has 1 N–H and O–H groups in total. The van der Waals surface area contributed by atoms with Gasteiger partial charge in [-0.15, -0.1) is 11.3 Å². The molecule has 0 spiro atoms. The van der Waals surface area contributed by atoms with Crippen LogP contribution in [0.2, 0.25) is 0 Å². The van der Waals surface area contributed by atoms with Gasteiger partial charge in [-0.05, 0) is 18.6 Å². The lowest BCUT2D eigenvalue weighted by atomic mass is 10.0. The first-order valence-electron chi connectivity index (χ1n) is 8.66. The molecule has 5 rings (SSSR count). The first kappa shape index (κ1) is 16.1. The van der Waals surface area contributed by atoms with Crippen LogP contribution in [0.4, 0.5) is 0 Å². The molecule has 136 valence electrons. The fraction of sp³-hybridized carbons (Fsp3) is 0.278. The molecule has 0 unspecified atom stereocenters. The average molecular weight is 379 g/mol. The van der Waals surface area contributed by atoms with E-state index in [0.29, 0.717) is 12.4 Å². The highest BCUT2D eigenvalue weighted by molar-refractivity contribution is 7.18. The highest BCUT2D eigenvalue weighted by Crippen LogP contribution is 2.38. The number of imidazole rings is 1. The Kier molecular flexibility index (Phi) is 3.57. The molecule has 8 nitrogen and oxygen atoms in total. The van der Waals surface area contributed by atoms with Gasteiger partial charge < -0.3 is 9.88 Å². The number of hydrogen-bond donors (Lipinski definition) is 1. The normalized spacial score (nSPS) is 16.7. The quantitative estimate of drug-likeness (QED) is 0.577. The standard InChI is InChI=1S/C18H17N7OS/c1-10-4-3-5-12-13(10)23-17(27-12)15-14-11(19-8-20-14)6-7-25(15)18(26)16-21-9-22-24(16)2/h3-5,8-9,15H,6-7H2,1-2H3,(H,19,20)/t15-/m0/s1. The van der Waals surface area contributed by atoms with E-state index in [4.69, 9.17) is 4.98 Å². The number of fused-ring (bicyclic) bond motifs is 2. The summed E-state index contributed by atoms with van der Waals surface area (Å²) < 4.78 is 2.61. The molecule has 4 aromatic rings. The molecular weight excluding hydrogens is 362 g/mol. The zero-order valence-corrected chi connectivity index (χ0v) is 15.7. The van der Waals surface area contributed by atoms with Crippen LogP contribution in [0.3, 0.4) is 0 Å². The van der Waals surface area contributed by atoms with Gasteiger partial charge in [0.25, 0.3) is 5.91 Å². The number of nitrogens with zero attached hydrogens (tertiary/aromatic N) is 6. The second kappa shape index (κ2) is 5.98. The van der Waals surface area contributed by atoms with Crippen molar-refractivity contribution in [2.24, 2.45) is 7.05 Å². The van der Waals surface area contributed by atoms with Gasteiger partial charge in [-0.3, -0.25) is 4.79 Å². The predicted octanol–water partition coefficient (Wildman–Crippen LogP) is 2.24. The molecule has 1 aliphatic rings. The van der Waals surface area contributed by atoms with Gasteiger partial charge in [-0.25, -0.2) is 19.6 Å². The smallest absolute Gasteiger partial charge is 0.292 e. The number of amides is 1. The molecule has 27 heavy (non-hydrogen) atoms. The topological polar surface area (TPSA) is 92.6 Å². The summed E-state index contributed by atoms with van der Waals surface area (Å²) >= 11 is 1.61. The molecule has 1 atom stereocenters. The maximum absolute atomic E-state index is 13.2. The maximum atomic E-state index is 13.2. The first-order valence-corrected chi connectivity index (χ1v) is 9.48. The minimum absolute atomic E-state index is 0.162. The third-order valence-corrected chi connectivity index (χ3v) is 6.03. The average Bonchev–Trinajstić information content (AvgIpc) is 3.39. The van der Waals surface area contributed by atoms with E-state index < -0.39 is 0 Å². The molecule has 1 aromatic carbocycles. The summed E-state index contributed by atoms with van der Waals surface area (Å²) in [5, 5.41) is 4.90. The Labute approximate surface area is 158 Å². The third kappa shape index (κ3) is 2.46. The lowest BCUT2D eigenvalue weighted by Crippen LogP contribution is -2.41. The van der Waals surface area contributed by atoms with Gasteiger partial charge in [-0.1, -0.05) is 12.1 Å². The van der Waals surface area contributed by atoms with Crippen LogP contribution < -0.4 is 0 Å². The van der Waals surface area contributed by atoms with E-state index in [0.717, 1.165) is 38.6 Å². The summed E-state index contributed by atoms with van der Waals surface area (Å²) in [4.78, 5) is 31.8. The number of aromatic amines is 1. The highest BCUT2D eigenvalue weighted by atomic mass is 32.1. The summed E-state index contributed by atoms with van der Waals surface area (Å²) in [5.41, 5.74) is 4.01. The molecule has 0 saturated heterocycles. The monoisotopic (exact) mass is 379 g/mol. The van der Waals surface area contributed by atoms with E-state index in [9.17, 15) is 4.79 Å². The van der Waals surface area contributed by atoms with E-state index in [1.807, 2.05) is 6.07 Å². The summed E-state index contributed by atoms with van der Waals surface area (Å²) in [5.74, 6) is 0.154. The van der Waals surface area contributed by atoms with Crippen LogP contribution in [-0.2, 0) is 13.5 Å². The molecule has 0 radical (unpaired) electrons. The van der Waals surface area contributed by atoms with Gasteiger partial charge in [0.1, 0.15) is 17.4 Å². The van der Waals surface area contributed by atoms with E-state index >= 15 is 0 Å². The Morgan fingerprint density at radius 1 is 1.33 bits per heavy atom. The van der Waals surface area contributed by atoms with Gasteiger partial charge >= 0.3 is 0 Å². The van der Waals surface area contributed by atoms with Crippen LogP contribution in [0, 0.1) is 6.92 Å². The number of para-hydroxylation sites is 1. The van der Waals surface area contributed by atoms with Crippen LogP contribution >= 0.6 is 11.3 Å². The molecule has 0 aliphatic carbocycles. The first-order chi connectivity index (χ1) is 13.1. The van der Waals surface area contributed by atoms with Gasteiger partial charge in [0.15, 0.2) is 0 Å². The zero-order valence-electron chi connectivity index (χ0n) is 14.9. The van der Waals surface area contributed by atoms with Crippen molar-refractivity contribution in [1.29, 1.82) is 0 Å². The number of carbonyl (C=O) groups is 1. The SMILES string of the molecule is Cc1cccc2sc([C@@H]3c4nc[nH]c4CCN3C(=O)c3ncnn3C)nc12. The number of carbonyl (C=O) groups excluding carboxylic acids is 1. The van der Waals surface area contributed by atoms with Gasteiger partial charge in [0.2, 0.25) is 5.82 Å². The predicted molar refractivity (Wildman–Crippen MR) is 101 cm³/mol. The lowest BCUT2D eigenvalue weighted by molar-refractivity contribution is 0.0673. The Morgan fingerprint density at radius 2 is 2.22 bits per heavy atom. The van der Waals surface area contributed by atoms with Crippen LogP contribution in [-0.4, -0.2) is 47.1 Å². The van der Waals surface area contributed by atoms with Crippen molar-refractivity contribution in [2.75, 3.05) is 6.54 Å². The summed E-state index contributed by atoms with van der Waals surface area (Å²) in [7, 11) is 1.72. The summed E-state index contributed by atoms with van der Waals surface area (Å²) in [6, 6.07) is 5.81. The Bertz CT molecular complexity index is 1160. The minimum atomic E-state index is -0.332. The molecule has 1 aliphatic heterocycles. The molecule has 1 amide bonds. The summed E-state index contributed by atoms with van der Waals surface area (Å²) in [6.07, 6.45) is 3.80. The van der Waals surface area contributed by atoms with Gasteiger partial charge in [0, 0.05) is 25.7 Å². The summed E-state index contributed by atoms with van der Waals surface area (Å²) in [6.45, 7) is 2.62. The number of H-pyrrole nitrogens is 1. The van der Waals surface area contributed by atoms with E-state index in [1.54, 1.807) is 29.6 Å². The second-order valence-corrected chi connectivity index (χ2v) is 7.66. The van der Waals surface area contributed by atoms with E-state index in [1.165, 1.54) is 11.0 Å². The molecule has 4 heterocycles. The van der Waals surface area contributed by atoms with Crippen molar-refractivity contribution in [3.8, 4) is 0 Å². The number of benzene rings is 1. The minimum Gasteiger partial charge on any atom is -0.348 e. The molecule has 0 saturated carbocycles. The van der Waals surface area contributed by atoms with Crippen LogP contribution in [0.25, 0.3) is 10.2 Å². The van der Waals surface area contributed by atoms with Crippen LogP contribution in [0.5, 0.6) is 0 Å². The molecule has 0 fully saturated rings. The Hall–Kier alpha value is -3.07. The van der Waals surface area contributed by atoms with Crippen LogP contribution in [0.1, 0.15) is 38.6 Å². The second-order valence-electron chi connectivity index (χ2n) is 6.60. The number of aromatic nitrogens is 6. The van der Waals surface area contributed by atoms with Gasteiger partial charge in [-0.2, -0.15) is 5.10 Å². The van der Waals surface area contributed by atoms with Crippen molar-refractivity contribution in [3.05, 3.63) is 58.6 Å². The lowest BCUT2D eigenvalue weighted by Gasteiger charge is -2.33. The number of aryl methyl sites for hydroxylation is 2. The van der Waals surface area contributed by atoms with Crippen molar-refractivity contribution in [1.82, 2.24) is 34.6 Å². The zero-order chi connectivity index (χ0) is 18.5. The largest absolute Gasteiger partial charge is 0.348 e. The van der Waals surface area contributed by atoms with Crippen LogP contribution in [0.15, 0.2) is 30.9 Å². The molecule has 0 bridgehead atoms.